The monoisotopic (exact) mass is 335 g/mol. The first-order valence-corrected chi connectivity index (χ1v) is 8.18. The molecule has 120 valence electrons. The van der Waals surface area contributed by atoms with Crippen molar-refractivity contribution in [1.29, 1.82) is 0 Å². The maximum Gasteiger partial charge on any atom is 0.339 e. The summed E-state index contributed by atoms with van der Waals surface area (Å²) in [6, 6.07) is 11.5. The van der Waals surface area contributed by atoms with E-state index < -0.39 is 35.1 Å². The van der Waals surface area contributed by atoms with Crippen molar-refractivity contribution in [3.63, 3.8) is 0 Å². The number of anilines is 1. The Morgan fingerprint density at radius 2 is 1.78 bits per heavy atom. The van der Waals surface area contributed by atoms with Gasteiger partial charge in [0.25, 0.3) is 5.91 Å². The molecule has 1 atom stereocenters. The molecule has 0 aliphatic rings. The fourth-order valence-electron chi connectivity index (χ4n) is 1.83. The molecule has 0 aromatic heterocycles. The zero-order valence-corrected chi connectivity index (χ0v) is 13.1. The van der Waals surface area contributed by atoms with Crippen molar-refractivity contribution >= 4 is 28.4 Å². The molecule has 0 aliphatic carbocycles. The highest BCUT2D eigenvalue weighted by atomic mass is 32.2. The summed E-state index contributed by atoms with van der Waals surface area (Å²) in [5, 5.41) is 2.47. The minimum Gasteiger partial charge on any atom is -0.452 e. The van der Waals surface area contributed by atoms with Gasteiger partial charge in [0.15, 0.2) is 6.61 Å². The Kier molecular flexibility index (Phi) is 5.59. The smallest absolute Gasteiger partial charge is 0.339 e. The minimum absolute atomic E-state index is 0.155. The lowest BCUT2D eigenvalue weighted by Gasteiger charge is -2.08. The molecule has 23 heavy (non-hydrogen) atoms. The normalized spacial score (nSPS) is 11.6. The van der Waals surface area contributed by atoms with Crippen molar-refractivity contribution in [2.45, 2.75) is 4.90 Å². The largest absolute Gasteiger partial charge is 0.452 e. The molecule has 0 unspecified atom stereocenters. The summed E-state index contributed by atoms with van der Waals surface area (Å²) in [7, 11) is -1.35. The first-order chi connectivity index (χ1) is 11.0. The Labute approximate surface area is 134 Å². The summed E-state index contributed by atoms with van der Waals surface area (Å²) in [5.74, 6) is -1.70. The van der Waals surface area contributed by atoms with Crippen molar-refractivity contribution in [3.05, 3.63) is 59.9 Å². The van der Waals surface area contributed by atoms with Gasteiger partial charge in [-0.25, -0.2) is 9.18 Å². The van der Waals surface area contributed by atoms with Gasteiger partial charge in [0, 0.05) is 11.9 Å². The summed E-state index contributed by atoms with van der Waals surface area (Å²) in [6.07, 6.45) is 1.45. The Hall–Kier alpha value is -2.54. The fraction of sp³-hybridized carbons (Fsp3) is 0.125. The first kappa shape index (κ1) is 16.8. The Morgan fingerprint density at radius 3 is 2.43 bits per heavy atom. The number of nitrogens with one attached hydrogen (secondary N) is 1. The van der Waals surface area contributed by atoms with E-state index in [4.69, 9.17) is 4.74 Å². The van der Waals surface area contributed by atoms with Gasteiger partial charge in [0.1, 0.15) is 5.82 Å². The van der Waals surface area contributed by atoms with Gasteiger partial charge in [-0.2, -0.15) is 0 Å². The summed E-state index contributed by atoms with van der Waals surface area (Å²) in [6.45, 7) is -0.499. The molecule has 0 fully saturated rings. The predicted molar refractivity (Wildman–Crippen MR) is 84.1 cm³/mol. The second kappa shape index (κ2) is 7.64. The lowest BCUT2D eigenvalue weighted by atomic mass is 10.2. The minimum atomic E-state index is -1.35. The number of hydrogen-bond acceptors (Lipinski definition) is 4. The van der Waals surface area contributed by atoms with Crippen LogP contribution in [-0.4, -0.2) is 28.9 Å². The van der Waals surface area contributed by atoms with Crippen LogP contribution in [0.5, 0.6) is 0 Å². The van der Waals surface area contributed by atoms with Crippen molar-refractivity contribution in [2.24, 2.45) is 0 Å². The molecule has 1 amide bonds. The molecule has 0 heterocycles. The topological polar surface area (TPSA) is 72.5 Å². The van der Waals surface area contributed by atoms with Crippen LogP contribution in [-0.2, 0) is 20.3 Å². The summed E-state index contributed by atoms with van der Waals surface area (Å²) in [5.41, 5.74) is 0.547. The number of hydrogen-bond donors (Lipinski definition) is 1. The number of carbonyl (C=O) groups excluding carboxylic acids is 2. The average Bonchev–Trinajstić information content (AvgIpc) is 2.54. The Bertz CT molecular complexity index is 746. The molecule has 0 saturated heterocycles. The fourth-order valence-corrected chi connectivity index (χ4v) is 2.56. The lowest BCUT2D eigenvalue weighted by molar-refractivity contribution is -0.119. The first-order valence-electron chi connectivity index (χ1n) is 6.62. The molecule has 0 saturated carbocycles. The van der Waals surface area contributed by atoms with Gasteiger partial charge in [0.2, 0.25) is 0 Å². The van der Waals surface area contributed by atoms with E-state index in [0.717, 1.165) is 0 Å². The quantitative estimate of drug-likeness (QED) is 0.852. The van der Waals surface area contributed by atoms with E-state index in [2.05, 4.69) is 5.32 Å². The summed E-state index contributed by atoms with van der Waals surface area (Å²) < 4.78 is 29.2. The lowest BCUT2D eigenvalue weighted by Crippen LogP contribution is -2.21. The predicted octanol–water partition coefficient (Wildman–Crippen LogP) is 2.36. The third kappa shape index (κ3) is 4.72. The maximum atomic E-state index is 12.8. The maximum absolute atomic E-state index is 12.8. The molecule has 0 radical (unpaired) electrons. The van der Waals surface area contributed by atoms with E-state index in [1.165, 1.54) is 36.6 Å². The average molecular weight is 335 g/mol. The van der Waals surface area contributed by atoms with Gasteiger partial charge in [-0.1, -0.05) is 12.1 Å². The van der Waals surface area contributed by atoms with Gasteiger partial charge in [0.05, 0.1) is 21.3 Å². The van der Waals surface area contributed by atoms with Crippen molar-refractivity contribution in [2.75, 3.05) is 18.2 Å². The van der Waals surface area contributed by atoms with Gasteiger partial charge in [-0.15, -0.1) is 0 Å². The third-order valence-corrected chi connectivity index (χ3v) is 3.85. The van der Waals surface area contributed by atoms with Crippen LogP contribution in [0.15, 0.2) is 53.4 Å². The van der Waals surface area contributed by atoms with Gasteiger partial charge < -0.3 is 10.1 Å². The Balaban J connectivity index is 1.95. The van der Waals surface area contributed by atoms with Gasteiger partial charge in [-0.05, 0) is 36.4 Å². The summed E-state index contributed by atoms with van der Waals surface area (Å²) in [4.78, 5) is 24.0. The standard InChI is InChI=1S/C16H14FNO4S/c1-23(21)14-5-3-2-4-13(14)16(20)22-10-15(19)18-12-8-6-11(17)7-9-12/h2-9H,10H2,1H3,(H,18,19)/t23-/m0/s1. The Morgan fingerprint density at radius 1 is 1.13 bits per heavy atom. The second-order valence-electron chi connectivity index (χ2n) is 4.58. The molecule has 2 aromatic carbocycles. The van der Waals surface area contributed by atoms with E-state index in [0.29, 0.717) is 10.6 Å². The van der Waals surface area contributed by atoms with E-state index in [1.54, 1.807) is 18.2 Å². The van der Waals surface area contributed by atoms with Gasteiger partial charge >= 0.3 is 5.97 Å². The highest BCUT2D eigenvalue weighted by Crippen LogP contribution is 2.14. The van der Waals surface area contributed by atoms with Crippen LogP contribution < -0.4 is 5.32 Å². The number of esters is 1. The van der Waals surface area contributed by atoms with Crippen LogP contribution in [0.1, 0.15) is 10.4 Å². The highest BCUT2D eigenvalue weighted by Gasteiger charge is 2.16. The molecule has 1 N–H and O–H groups in total. The zero-order valence-electron chi connectivity index (χ0n) is 12.2. The van der Waals surface area contributed by atoms with E-state index in [9.17, 15) is 18.2 Å². The molecule has 2 rings (SSSR count). The molecule has 7 heteroatoms. The molecular weight excluding hydrogens is 321 g/mol. The molecule has 0 bridgehead atoms. The van der Waals surface area contributed by atoms with E-state index >= 15 is 0 Å². The highest BCUT2D eigenvalue weighted by molar-refractivity contribution is 7.84. The molecule has 2 aromatic rings. The number of ether oxygens (including phenoxy) is 1. The molecule has 0 spiro atoms. The molecular formula is C16H14FNO4S. The van der Waals surface area contributed by atoms with Crippen LogP contribution in [0.4, 0.5) is 10.1 Å². The van der Waals surface area contributed by atoms with Crippen LogP contribution in [0.2, 0.25) is 0 Å². The van der Waals surface area contributed by atoms with E-state index in [1.807, 2.05) is 0 Å². The number of carbonyl (C=O) groups is 2. The van der Waals surface area contributed by atoms with Crippen LogP contribution in [0.3, 0.4) is 0 Å². The van der Waals surface area contributed by atoms with Crippen LogP contribution in [0, 0.1) is 5.82 Å². The molecule has 0 aliphatic heterocycles. The zero-order chi connectivity index (χ0) is 16.8. The van der Waals surface area contributed by atoms with Crippen LogP contribution >= 0.6 is 0 Å². The number of benzene rings is 2. The summed E-state index contributed by atoms with van der Waals surface area (Å²) >= 11 is 0. The van der Waals surface area contributed by atoms with Crippen molar-refractivity contribution in [3.8, 4) is 0 Å². The number of amides is 1. The second-order valence-corrected chi connectivity index (χ2v) is 5.93. The SMILES string of the molecule is C[S@](=O)c1ccccc1C(=O)OCC(=O)Nc1ccc(F)cc1. The van der Waals surface area contributed by atoms with E-state index in [-0.39, 0.29) is 5.56 Å². The van der Waals surface area contributed by atoms with Crippen LogP contribution in [0.25, 0.3) is 0 Å². The third-order valence-electron chi connectivity index (χ3n) is 2.88. The van der Waals surface area contributed by atoms with Crippen molar-refractivity contribution < 1.29 is 22.9 Å². The number of rotatable bonds is 5. The van der Waals surface area contributed by atoms with Crippen molar-refractivity contribution in [1.82, 2.24) is 0 Å². The van der Waals surface area contributed by atoms with Gasteiger partial charge in [-0.3, -0.25) is 9.00 Å². The molecule has 5 nitrogen and oxygen atoms in total. The number of halogens is 1.